The summed E-state index contributed by atoms with van der Waals surface area (Å²) in [6, 6.07) is 10.9. The Hall–Kier alpha value is -4.19. The fourth-order valence-electron chi connectivity index (χ4n) is 4.22. The lowest BCUT2D eigenvalue weighted by Crippen LogP contribution is -2.36. The number of benzene rings is 1. The number of carbonyl (C=O) groups is 1. The summed E-state index contributed by atoms with van der Waals surface area (Å²) in [6.45, 7) is 4.53. The van der Waals surface area contributed by atoms with Gasteiger partial charge in [-0.15, -0.1) is 0 Å². The van der Waals surface area contributed by atoms with E-state index in [0.717, 1.165) is 28.2 Å². The minimum Gasteiger partial charge on any atom is -0.375 e. The molecule has 0 fully saturated rings. The second-order valence-electron chi connectivity index (χ2n) is 8.40. The minimum absolute atomic E-state index is 0.214. The van der Waals surface area contributed by atoms with Crippen LogP contribution in [-0.4, -0.2) is 27.5 Å². The molecule has 2 aromatic heterocycles. The zero-order valence-corrected chi connectivity index (χ0v) is 19.5. The van der Waals surface area contributed by atoms with Gasteiger partial charge in [-0.2, -0.15) is 5.26 Å². The fraction of sp³-hybridized carbons (Fsp3) is 0.320. The molecule has 1 aromatic carbocycles. The van der Waals surface area contributed by atoms with Crippen LogP contribution in [0, 0.1) is 25.2 Å². The number of nitrogens with zero attached hydrogens (tertiary/aromatic N) is 4. The molecule has 34 heavy (non-hydrogen) atoms. The molecule has 1 unspecified atom stereocenters. The maximum atomic E-state index is 13.2. The molecular weight excluding hydrogens is 430 g/mol. The number of aryl methyl sites for hydroxylation is 3. The molecule has 1 atom stereocenters. The largest absolute Gasteiger partial charge is 0.375 e. The van der Waals surface area contributed by atoms with Gasteiger partial charge in [0.15, 0.2) is 0 Å². The highest BCUT2D eigenvalue weighted by atomic mass is 16.2. The van der Waals surface area contributed by atoms with Crippen molar-refractivity contribution in [1.29, 1.82) is 5.26 Å². The molecule has 0 bridgehead atoms. The van der Waals surface area contributed by atoms with Gasteiger partial charge in [0.05, 0.1) is 17.8 Å². The summed E-state index contributed by atoms with van der Waals surface area (Å²) in [7, 11) is 1.81. The van der Waals surface area contributed by atoms with Crippen LogP contribution in [0.4, 0.5) is 11.5 Å². The van der Waals surface area contributed by atoms with Gasteiger partial charge < -0.3 is 16.0 Å². The van der Waals surface area contributed by atoms with Crippen molar-refractivity contribution < 1.29 is 4.79 Å². The van der Waals surface area contributed by atoms with Gasteiger partial charge in [0.25, 0.3) is 5.56 Å². The minimum atomic E-state index is -0.606. The van der Waals surface area contributed by atoms with Crippen molar-refractivity contribution in [3.05, 3.63) is 80.7 Å². The monoisotopic (exact) mass is 457 g/mol. The lowest BCUT2D eigenvalue weighted by atomic mass is 10.1. The topological polar surface area (TPSA) is 125 Å². The van der Waals surface area contributed by atoms with E-state index in [0.29, 0.717) is 43.0 Å². The highest BCUT2D eigenvalue weighted by molar-refractivity contribution is 5.81. The van der Waals surface area contributed by atoms with Crippen LogP contribution in [0.3, 0.4) is 0 Å². The van der Waals surface area contributed by atoms with E-state index < -0.39 is 6.04 Å². The molecule has 3 aromatic rings. The van der Waals surface area contributed by atoms with E-state index in [1.165, 1.54) is 10.8 Å². The summed E-state index contributed by atoms with van der Waals surface area (Å²) in [4.78, 5) is 35.0. The molecule has 0 radical (unpaired) electrons. The normalized spacial score (nSPS) is 14.2. The number of hydrogen-bond acceptors (Lipinski definition) is 7. The predicted octanol–water partition coefficient (Wildman–Crippen LogP) is 2.58. The molecule has 0 aliphatic carbocycles. The van der Waals surface area contributed by atoms with E-state index in [-0.39, 0.29) is 11.5 Å². The first-order chi connectivity index (χ1) is 16.4. The van der Waals surface area contributed by atoms with Crippen LogP contribution < -0.4 is 21.5 Å². The molecule has 9 nitrogen and oxygen atoms in total. The number of pyridine rings is 1. The second kappa shape index (κ2) is 9.75. The van der Waals surface area contributed by atoms with Crippen molar-refractivity contribution >= 4 is 17.4 Å². The number of aromatic nitrogens is 3. The molecule has 1 aliphatic heterocycles. The van der Waals surface area contributed by atoms with Crippen molar-refractivity contribution in [2.75, 3.05) is 17.7 Å². The van der Waals surface area contributed by atoms with Crippen molar-refractivity contribution in [1.82, 2.24) is 19.9 Å². The zero-order chi connectivity index (χ0) is 24.2. The lowest BCUT2D eigenvalue weighted by molar-refractivity contribution is -0.124. The van der Waals surface area contributed by atoms with E-state index in [4.69, 9.17) is 0 Å². The zero-order valence-electron chi connectivity index (χ0n) is 19.5. The van der Waals surface area contributed by atoms with Gasteiger partial charge in [-0.25, -0.2) is 9.97 Å². The molecule has 0 saturated carbocycles. The molecule has 9 heteroatoms. The summed E-state index contributed by atoms with van der Waals surface area (Å²) in [5.41, 5.74) is 4.24. The molecular formula is C25H27N7O2. The average Bonchev–Trinajstić information content (AvgIpc) is 3.27. The Morgan fingerprint density at radius 3 is 2.79 bits per heavy atom. The first kappa shape index (κ1) is 23.0. The maximum Gasteiger partial charge on any atom is 0.277 e. The molecule has 4 rings (SSSR count). The van der Waals surface area contributed by atoms with E-state index in [9.17, 15) is 14.9 Å². The number of carbonyl (C=O) groups excluding carboxylic acids is 1. The Morgan fingerprint density at radius 1 is 1.24 bits per heavy atom. The third kappa shape index (κ3) is 4.76. The molecule has 174 valence electrons. The first-order valence-electron chi connectivity index (χ1n) is 11.2. The van der Waals surface area contributed by atoms with Crippen LogP contribution >= 0.6 is 0 Å². The van der Waals surface area contributed by atoms with Gasteiger partial charge in [-0.3, -0.25) is 14.2 Å². The Labute approximate surface area is 197 Å². The van der Waals surface area contributed by atoms with Crippen molar-refractivity contribution in [3.63, 3.8) is 0 Å². The van der Waals surface area contributed by atoms with Crippen LogP contribution in [0.2, 0.25) is 0 Å². The van der Waals surface area contributed by atoms with E-state index in [1.807, 2.05) is 38.1 Å². The smallest absolute Gasteiger partial charge is 0.277 e. The maximum absolute atomic E-state index is 13.2. The first-order valence-corrected chi connectivity index (χ1v) is 11.2. The van der Waals surface area contributed by atoms with Gasteiger partial charge >= 0.3 is 0 Å². The van der Waals surface area contributed by atoms with Crippen molar-refractivity contribution in [2.24, 2.45) is 0 Å². The van der Waals surface area contributed by atoms with Gasteiger partial charge in [-0.05, 0) is 55.2 Å². The summed E-state index contributed by atoms with van der Waals surface area (Å²) in [6.07, 6.45) is 2.61. The second-order valence-corrected chi connectivity index (χ2v) is 8.40. The third-order valence-corrected chi connectivity index (χ3v) is 5.98. The molecule has 0 spiro atoms. The Kier molecular flexibility index (Phi) is 6.59. The Morgan fingerprint density at radius 2 is 2.06 bits per heavy atom. The average molecular weight is 458 g/mol. The van der Waals surface area contributed by atoms with Gasteiger partial charge in [0, 0.05) is 32.3 Å². The van der Waals surface area contributed by atoms with Crippen molar-refractivity contribution in [2.45, 2.75) is 45.8 Å². The highest BCUT2D eigenvalue weighted by Gasteiger charge is 2.31. The Balaban J connectivity index is 1.48. The van der Waals surface area contributed by atoms with Gasteiger partial charge in [0.1, 0.15) is 23.4 Å². The van der Waals surface area contributed by atoms with Crippen LogP contribution in [0.15, 0.2) is 41.3 Å². The fourth-order valence-corrected chi connectivity index (χ4v) is 4.22. The standard InChI is InChI=1S/C25H27N7O2/c1-15-8-17(11-26)10-18(9-15)12-28-20-14-29-23-7-5-21(32(23)25(20)34)24(33)30-13-19-4-6-22(27-3)31-16(19)2/h4,6,8-10,14,21,28H,5,7,12-13H2,1-3H3,(H,27,31)(H,30,33). The summed E-state index contributed by atoms with van der Waals surface area (Å²) in [5.74, 6) is 1.16. The highest BCUT2D eigenvalue weighted by Crippen LogP contribution is 2.23. The SMILES string of the molecule is CNc1ccc(CNC(=O)C2CCc3ncc(NCc4cc(C)cc(C#N)c4)c(=O)n32)c(C)n1. The van der Waals surface area contributed by atoms with E-state index >= 15 is 0 Å². The van der Waals surface area contributed by atoms with Crippen LogP contribution in [0.25, 0.3) is 0 Å². The molecule has 1 aliphatic rings. The third-order valence-electron chi connectivity index (χ3n) is 5.98. The molecule has 1 amide bonds. The van der Waals surface area contributed by atoms with Crippen LogP contribution in [0.5, 0.6) is 0 Å². The van der Waals surface area contributed by atoms with Gasteiger partial charge in [-0.1, -0.05) is 12.1 Å². The molecule has 0 saturated heterocycles. The number of rotatable bonds is 7. The number of fused-ring (bicyclic) bond motifs is 1. The lowest BCUT2D eigenvalue weighted by Gasteiger charge is -2.16. The summed E-state index contributed by atoms with van der Waals surface area (Å²) >= 11 is 0. The van der Waals surface area contributed by atoms with E-state index in [2.05, 4.69) is 32.0 Å². The van der Waals surface area contributed by atoms with Gasteiger partial charge in [0.2, 0.25) is 5.91 Å². The number of amides is 1. The summed E-state index contributed by atoms with van der Waals surface area (Å²) in [5, 5.41) is 18.2. The Bertz CT molecular complexity index is 1340. The number of anilines is 2. The van der Waals surface area contributed by atoms with Crippen LogP contribution in [-0.2, 0) is 24.3 Å². The van der Waals surface area contributed by atoms with Crippen molar-refractivity contribution in [3.8, 4) is 6.07 Å². The number of nitrogens with one attached hydrogen (secondary N) is 3. The predicted molar refractivity (Wildman–Crippen MR) is 129 cm³/mol. The number of nitriles is 1. The summed E-state index contributed by atoms with van der Waals surface area (Å²) < 4.78 is 1.49. The molecule has 3 heterocycles. The number of hydrogen-bond donors (Lipinski definition) is 3. The van der Waals surface area contributed by atoms with Crippen LogP contribution in [0.1, 0.15) is 46.2 Å². The molecule has 3 N–H and O–H groups in total. The quantitative estimate of drug-likeness (QED) is 0.498. The van der Waals surface area contributed by atoms with E-state index in [1.54, 1.807) is 13.1 Å².